The largest absolute Gasteiger partial charge is 0.396 e. The second-order valence-electron chi connectivity index (χ2n) is 5.21. The predicted molar refractivity (Wildman–Crippen MR) is 81.8 cm³/mol. The highest BCUT2D eigenvalue weighted by Gasteiger charge is 2.30. The molecule has 0 saturated carbocycles. The van der Waals surface area contributed by atoms with Gasteiger partial charge in [-0.25, -0.2) is 0 Å². The van der Waals surface area contributed by atoms with Crippen LogP contribution in [-0.4, -0.2) is 53.6 Å². The number of carbonyl (C=O) groups excluding carboxylic acids is 1. The van der Waals surface area contributed by atoms with E-state index in [-0.39, 0.29) is 18.6 Å². The summed E-state index contributed by atoms with van der Waals surface area (Å²) in [7, 11) is 0. The summed E-state index contributed by atoms with van der Waals surface area (Å²) in [4.78, 5) is 18.0. The Morgan fingerprint density at radius 3 is 3.10 bits per heavy atom. The lowest BCUT2D eigenvalue weighted by Gasteiger charge is -2.27. The van der Waals surface area contributed by atoms with Crippen LogP contribution in [0.15, 0.2) is 17.5 Å². The number of hydrogen-bond donors (Lipinski definition) is 1. The smallest absolute Gasteiger partial charge is 0.237 e. The Hall–Kier alpha value is -0.910. The first-order valence-corrected chi connectivity index (χ1v) is 8.30. The number of thiophene rings is 1. The molecule has 0 bridgehead atoms. The lowest BCUT2D eigenvalue weighted by atomic mass is 10.2. The van der Waals surface area contributed by atoms with E-state index >= 15 is 0 Å². The monoisotopic (exact) mass is 296 g/mol. The van der Waals surface area contributed by atoms with Crippen LogP contribution in [0.4, 0.5) is 0 Å². The first-order chi connectivity index (χ1) is 9.76. The van der Waals surface area contributed by atoms with Crippen molar-refractivity contribution in [1.82, 2.24) is 9.80 Å². The summed E-state index contributed by atoms with van der Waals surface area (Å²) in [6.07, 6.45) is 2.90. The van der Waals surface area contributed by atoms with Crippen molar-refractivity contribution in [2.75, 3.05) is 32.8 Å². The molecule has 20 heavy (non-hydrogen) atoms. The maximum Gasteiger partial charge on any atom is 0.237 e. The van der Waals surface area contributed by atoms with Crippen LogP contribution in [0.3, 0.4) is 0 Å². The molecule has 2 heterocycles. The number of carbonyl (C=O) groups is 1. The number of amides is 1. The Kier molecular flexibility index (Phi) is 6.01. The van der Waals surface area contributed by atoms with Gasteiger partial charge in [-0.1, -0.05) is 13.0 Å². The molecular weight excluding hydrogens is 272 g/mol. The van der Waals surface area contributed by atoms with Crippen molar-refractivity contribution >= 4 is 17.2 Å². The lowest BCUT2D eigenvalue weighted by Crippen LogP contribution is -2.40. The van der Waals surface area contributed by atoms with Gasteiger partial charge in [-0.2, -0.15) is 0 Å². The molecule has 1 atom stereocenters. The van der Waals surface area contributed by atoms with Crippen LogP contribution in [0.2, 0.25) is 0 Å². The van der Waals surface area contributed by atoms with Gasteiger partial charge in [0.2, 0.25) is 5.91 Å². The van der Waals surface area contributed by atoms with Gasteiger partial charge in [0.25, 0.3) is 0 Å². The highest BCUT2D eigenvalue weighted by molar-refractivity contribution is 7.10. The third kappa shape index (κ3) is 3.81. The molecule has 0 spiro atoms. The van der Waals surface area contributed by atoms with E-state index in [1.807, 2.05) is 4.90 Å². The first-order valence-electron chi connectivity index (χ1n) is 7.42. The van der Waals surface area contributed by atoms with Gasteiger partial charge in [-0.3, -0.25) is 9.69 Å². The van der Waals surface area contributed by atoms with Crippen LogP contribution in [0.5, 0.6) is 0 Å². The van der Waals surface area contributed by atoms with Gasteiger partial charge < -0.3 is 10.0 Å². The van der Waals surface area contributed by atoms with E-state index in [1.165, 1.54) is 4.88 Å². The molecular formula is C15H24N2O2S. The normalized spacial score (nSPS) is 18.9. The van der Waals surface area contributed by atoms with E-state index in [1.54, 1.807) is 11.3 Å². The van der Waals surface area contributed by atoms with Crippen molar-refractivity contribution in [3.05, 3.63) is 22.4 Å². The molecule has 1 aliphatic rings. The lowest BCUT2D eigenvalue weighted by molar-refractivity contribution is -0.133. The summed E-state index contributed by atoms with van der Waals surface area (Å²) in [5, 5.41) is 11.0. The topological polar surface area (TPSA) is 43.8 Å². The fraction of sp³-hybridized carbons (Fsp3) is 0.667. The third-order valence-corrected chi connectivity index (χ3v) is 4.86. The van der Waals surface area contributed by atoms with Crippen molar-refractivity contribution in [1.29, 1.82) is 0 Å². The maximum atomic E-state index is 12.5. The van der Waals surface area contributed by atoms with Crippen LogP contribution in [0.25, 0.3) is 0 Å². The maximum absolute atomic E-state index is 12.5. The van der Waals surface area contributed by atoms with E-state index in [0.717, 1.165) is 38.9 Å². The molecule has 1 saturated heterocycles. The highest BCUT2D eigenvalue weighted by atomic mass is 32.1. The molecule has 0 radical (unpaired) electrons. The fourth-order valence-electron chi connectivity index (χ4n) is 2.77. The van der Waals surface area contributed by atoms with Crippen LogP contribution in [0.1, 0.15) is 37.1 Å². The summed E-state index contributed by atoms with van der Waals surface area (Å²) in [6.45, 7) is 5.23. The molecule has 1 amide bonds. The molecule has 0 aromatic carbocycles. The minimum atomic E-state index is 0.187. The quantitative estimate of drug-likeness (QED) is 0.838. The number of hydrogen-bond acceptors (Lipinski definition) is 4. The molecule has 1 aliphatic heterocycles. The molecule has 1 aromatic heterocycles. The van der Waals surface area contributed by atoms with Gasteiger partial charge in [0.15, 0.2) is 0 Å². The molecule has 5 heteroatoms. The van der Waals surface area contributed by atoms with Crippen LogP contribution in [0, 0.1) is 0 Å². The SMILES string of the molecule is CCN(CCCO)CC(=O)N1CCCC1c1cccs1. The molecule has 4 nitrogen and oxygen atoms in total. The Labute approximate surface area is 125 Å². The third-order valence-electron chi connectivity index (χ3n) is 3.88. The second kappa shape index (κ2) is 7.76. The standard InChI is InChI=1S/C15H24N2O2S/c1-2-16(8-5-10-18)12-15(19)17-9-3-6-13(17)14-7-4-11-20-14/h4,7,11,13,18H,2-3,5-6,8-10,12H2,1H3. The molecule has 2 rings (SSSR count). The summed E-state index contributed by atoms with van der Waals surface area (Å²) >= 11 is 1.74. The Balaban J connectivity index is 1.93. The highest BCUT2D eigenvalue weighted by Crippen LogP contribution is 2.34. The zero-order valence-corrected chi connectivity index (χ0v) is 12.9. The predicted octanol–water partition coefficient (Wildman–Crippen LogP) is 2.12. The number of nitrogens with zero attached hydrogens (tertiary/aromatic N) is 2. The molecule has 1 aromatic rings. The first kappa shape index (κ1) is 15.5. The van der Waals surface area contributed by atoms with Crippen molar-refractivity contribution < 1.29 is 9.90 Å². The van der Waals surface area contributed by atoms with Gasteiger partial charge in [-0.15, -0.1) is 11.3 Å². The average molecular weight is 296 g/mol. The van der Waals surface area contributed by atoms with Crippen molar-refractivity contribution in [2.45, 2.75) is 32.2 Å². The Morgan fingerprint density at radius 1 is 1.60 bits per heavy atom. The fourth-order valence-corrected chi connectivity index (χ4v) is 3.64. The van der Waals surface area contributed by atoms with Gasteiger partial charge in [0.05, 0.1) is 12.6 Å². The van der Waals surface area contributed by atoms with Gasteiger partial charge in [0, 0.05) is 24.6 Å². The summed E-state index contributed by atoms with van der Waals surface area (Å²) in [6, 6.07) is 4.46. The zero-order chi connectivity index (χ0) is 14.4. The van der Waals surface area contributed by atoms with Crippen molar-refractivity contribution in [2.24, 2.45) is 0 Å². The summed E-state index contributed by atoms with van der Waals surface area (Å²) in [5.41, 5.74) is 0. The Morgan fingerprint density at radius 2 is 2.45 bits per heavy atom. The van der Waals surface area contributed by atoms with E-state index in [9.17, 15) is 4.79 Å². The molecule has 1 N–H and O–H groups in total. The molecule has 112 valence electrons. The van der Waals surface area contributed by atoms with Crippen LogP contribution < -0.4 is 0 Å². The average Bonchev–Trinajstić information content (AvgIpc) is 3.12. The Bertz CT molecular complexity index is 408. The van der Waals surface area contributed by atoms with Crippen molar-refractivity contribution in [3.63, 3.8) is 0 Å². The summed E-state index contributed by atoms with van der Waals surface area (Å²) in [5.74, 6) is 0.223. The van der Waals surface area contributed by atoms with Crippen LogP contribution in [-0.2, 0) is 4.79 Å². The molecule has 1 fully saturated rings. The van der Waals surface area contributed by atoms with E-state index in [4.69, 9.17) is 5.11 Å². The van der Waals surface area contributed by atoms with E-state index < -0.39 is 0 Å². The number of rotatable bonds is 7. The van der Waals surface area contributed by atoms with Crippen molar-refractivity contribution in [3.8, 4) is 0 Å². The molecule has 0 aliphatic carbocycles. The summed E-state index contributed by atoms with van der Waals surface area (Å²) < 4.78 is 0. The number of likely N-dealkylation sites (tertiary alicyclic amines) is 1. The molecule has 1 unspecified atom stereocenters. The van der Waals surface area contributed by atoms with E-state index in [0.29, 0.717) is 6.54 Å². The van der Waals surface area contributed by atoms with Gasteiger partial charge >= 0.3 is 0 Å². The number of likely N-dealkylation sites (N-methyl/N-ethyl adjacent to an activating group) is 1. The minimum absolute atomic E-state index is 0.187. The number of aliphatic hydroxyl groups excluding tert-OH is 1. The second-order valence-corrected chi connectivity index (χ2v) is 6.19. The number of aliphatic hydroxyl groups is 1. The zero-order valence-electron chi connectivity index (χ0n) is 12.1. The van der Waals surface area contributed by atoms with Gasteiger partial charge in [-0.05, 0) is 37.3 Å². The van der Waals surface area contributed by atoms with Gasteiger partial charge in [0.1, 0.15) is 0 Å². The van der Waals surface area contributed by atoms with Crippen LogP contribution >= 0.6 is 11.3 Å². The minimum Gasteiger partial charge on any atom is -0.396 e. The van der Waals surface area contributed by atoms with E-state index in [2.05, 4.69) is 29.3 Å².